The number of para-hydroxylation sites is 2. The van der Waals surface area contributed by atoms with Gasteiger partial charge in [-0.05, 0) is 68.9 Å². The van der Waals surface area contributed by atoms with Crippen LogP contribution < -0.4 is 4.90 Å². The Balaban J connectivity index is 1.11. The van der Waals surface area contributed by atoms with Crippen LogP contribution in [0.25, 0.3) is 76.4 Å². The van der Waals surface area contributed by atoms with Crippen LogP contribution in [0.1, 0.15) is 28.0 Å². The maximum Gasteiger partial charge on any atom is 0.234 e. The van der Waals surface area contributed by atoms with Crippen LogP contribution in [0.2, 0.25) is 0 Å². The first-order valence-electron chi connectivity index (χ1n) is 18.1. The maximum absolute atomic E-state index is 6.59. The van der Waals surface area contributed by atoms with Crippen LogP contribution in [-0.2, 0) is 0 Å². The molecular weight excluding hydrogens is 667 g/mol. The van der Waals surface area contributed by atoms with Gasteiger partial charge in [-0.1, -0.05) is 133 Å². The van der Waals surface area contributed by atoms with Crippen LogP contribution in [0.5, 0.6) is 0 Å². The molecular formula is C48H29N3OS. The van der Waals surface area contributed by atoms with Gasteiger partial charge >= 0.3 is 0 Å². The summed E-state index contributed by atoms with van der Waals surface area (Å²) in [6.45, 7) is 0. The van der Waals surface area contributed by atoms with Gasteiger partial charge in [0.05, 0.1) is 17.1 Å². The number of furan rings is 1. The SMILES string of the molecule is c1ccc(-c2ccc3cc(-c4nc(N5c6ccccc6C6c7ccccc7-c7c(sc8ccccc78)C65)nc5oc6ccccc6c45)ccc3c2)cc1. The Labute approximate surface area is 309 Å². The molecule has 0 radical (unpaired) electrons. The number of aromatic nitrogens is 2. The summed E-state index contributed by atoms with van der Waals surface area (Å²) in [5.41, 5.74) is 12.1. The zero-order chi connectivity index (χ0) is 34.6. The molecule has 0 N–H and O–H groups in total. The van der Waals surface area contributed by atoms with Gasteiger partial charge in [0.15, 0.2) is 0 Å². The molecule has 0 amide bonds. The molecule has 2 unspecified atom stereocenters. The highest BCUT2D eigenvalue weighted by Gasteiger charge is 2.48. The third-order valence-corrected chi connectivity index (χ3v) is 12.5. The minimum atomic E-state index is -0.0163. The van der Waals surface area contributed by atoms with Crippen LogP contribution >= 0.6 is 11.3 Å². The average molecular weight is 696 g/mol. The highest BCUT2D eigenvalue weighted by molar-refractivity contribution is 7.19. The number of rotatable bonds is 3. The lowest BCUT2D eigenvalue weighted by molar-refractivity contribution is 0.636. The molecule has 1 aliphatic carbocycles. The molecule has 10 aromatic rings. The third-order valence-electron chi connectivity index (χ3n) is 11.2. The first kappa shape index (κ1) is 29.1. The molecule has 2 atom stereocenters. The zero-order valence-corrected chi connectivity index (χ0v) is 29.2. The topological polar surface area (TPSA) is 42.2 Å². The summed E-state index contributed by atoms with van der Waals surface area (Å²) in [7, 11) is 0. The summed E-state index contributed by atoms with van der Waals surface area (Å²) in [5.74, 6) is 0.773. The molecule has 3 aromatic heterocycles. The van der Waals surface area contributed by atoms with Gasteiger partial charge < -0.3 is 9.32 Å². The Bertz CT molecular complexity index is 3110. The second kappa shape index (κ2) is 11.0. The number of fused-ring (bicyclic) bond motifs is 14. The molecule has 0 saturated heterocycles. The Morgan fingerprint density at radius 2 is 1.26 bits per heavy atom. The Hall–Kier alpha value is -6.56. The van der Waals surface area contributed by atoms with Crippen LogP contribution in [-0.4, -0.2) is 9.97 Å². The fraction of sp³-hybridized carbons (Fsp3) is 0.0417. The fourth-order valence-electron chi connectivity index (χ4n) is 8.96. The molecule has 12 rings (SSSR count). The van der Waals surface area contributed by atoms with Crippen molar-refractivity contribution in [3.8, 4) is 33.5 Å². The van der Waals surface area contributed by atoms with E-state index >= 15 is 0 Å². The predicted octanol–water partition coefficient (Wildman–Crippen LogP) is 13.1. The van der Waals surface area contributed by atoms with Gasteiger partial charge in [-0.3, -0.25) is 0 Å². The summed E-state index contributed by atoms with van der Waals surface area (Å²) < 4.78 is 7.89. The molecule has 2 aliphatic rings. The van der Waals surface area contributed by atoms with E-state index in [4.69, 9.17) is 14.4 Å². The molecule has 0 bridgehead atoms. The number of nitrogens with zero attached hydrogens (tertiary/aromatic N) is 3. The number of thiophene rings is 1. The van der Waals surface area contributed by atoms with Crippen molar-refractivity contribution >= 4 is 65.9 Å². The highest BCUT2D eigenvalue weighted by Crippen LogP contribution is 2.63. The molecule has 4 heterocycles. The van der Waals surface area contributed by atoms with E-state index in [-0.39, 0.29) is 12.0 Å². The van der Waals surface area contributed by atoms with E-state index in [2.05, 4.69) is 157 Å². The minimum Gasteiger partial charge on any atom is -0.437 e. The van der Waals surface area contributed by atoms with Crippen molar-refractivity contribution in [2.75, 3.05) is 4.90 Å². The Morgan fingerprint density at radius 1 is 0.566 bits per heavy atom. The van der Waals surface area contributed by atoms with Crippen LogP contribution in [0.4, 0.5) is 11.6 Å². The maximum atomic E-state index is 6.59. The van der Waals surface area contributed by atoms with Gasteiger partial charge in [0.2, 0.25) is 11.7 Å². The zero-order valence-electron chi connectivity index (χ0n) is 28.4. The molecule has 7 aromatic carbocycles. The van der Waals surface area contributed by atoms with Gasteiger partial charge in [0, 0.05) is 43.1 Å². The van der Waals surface area contributed by atoms with Crippen molar-refractivity contribution < 1.29 is 4.42 Å². The van der Waals surface area contributed by atoms with Gasteiger partial charge in [-0.15, -0.1) is 11.3 Å². The number of anilines is 2. The summed E-state index contributed by atoms with van der Waals surface area (Å²) in [4.78, 5) is 14.6. The molecule has 0 spiro atoms. The standard InChI is InChI=1S/C48H29N3OS/c1-2-12-28(13-3-1)29-22-23-31-27-32(25-24-30(31)26-29)44-43-36-17-7-10-20-39(36)52-47(43)50-48(49-44)51-38-19-9-6-16-35(38)41-33-14-4-5-15-34(33)42-37-18-8-11-21-40(37)53-46(42)45(41)51/h1-27,41,45H. The molecule has 4 nitrogen and oxygen atoms in total. The van der Waals surface area contributed by atoms with Crippen molar-refractivity contribution in [2.45, 2.75) is 12.0 Å². The molecule has 1 aliphatic heterocycles. The second-order valence-corrected chi connectivity index (χ2v) is 15.2. The monoisotopic (exact) mass is 695 g/mol. The van der Waals surface area contributed by atoms with Crippen LogP contribution in [0.15, 0.2) is 168 Å². The molecule has 53 heavy (non-hydrogen) atoms. The Kier molecular flexibility index (Phi) is 6.02. The van der Waals surface area contributed by atoms with Crippen molar-refractivity contribution in [3.63, 3.8) is 0 Å². The van der Waals surface area contributed by atoms with Crippen molar-refractivity contribution in [2.24, 2.45) is 0 Å². The van der Waals surface area contributed by atoms with Gasteiger partial charge in [0.1, 0.15) is 5.58 Å². The van der Waals surface area contributed by atoms with E-state index in [0.29, 0.717) is 11.7 Å². The van der Waals surface area contributed by atoms with E-state index in [1.165, 1.54) is 53.7 Å². The van der Waals surface area contributed by atoms with Crippen molar-refractivity contribution in [1.29, 1.82) is 0 Å². The number of benzene rings is 7. The van der Waals surface area contributed by atoms with E-state index in [0.717, 1.165) is 38.7 Å². The van der Waals surface area contributed by atoms with Gasteiger partial charge in [-0.2, -0.15) is 4.98 Å². The van der Waals surface area contributed by atoms with Gasteiger partial charge in [-0.25, -0.2) is 4.98 Å². The third kappa shape index (κ3) is 4.17. The largest absolute Gasteiger partial charge is 0.437 e. The normalized spacial score (nSPS) is 15.9. The Morgan fingerprint density at radius 3 is 2.15 bits per heavy atom. The molecule has 5 heteroatoms. The molecule has 0 fully saturated rings. The summed E-state index contributed by atoms with van der Waals surface area (Å²) in [5, 5.41) is 5.60. The second-order valence-electron chi connectivity index (χ2n) is 14.1. The molecule has 248 valence electrons. The first-order chi connectivity index (χ1) is 26.3. The van der Waals surface area contributed by atoms with E-state index in [1.54, 1.807) is 0 Å². The van der Waals surface area contributed by atoms with E-state index < -0.39 is 0 Å². The average Bonchev–Trinajstić information content (AvgIpc) is 3.91. The fourth-order valence-corrected chi connectivity index (χ4v) is 10.3. The van der Waals surface area contributed by atoms with Crippen molar-refractivity contribution in [1.82, 2.24) is 9.97 Å². The lowest BCUT2D eigenvalue weighted by atomic mass is 9.77. The lowest BCUT2D eigenvalue weighted by Crippen LogP contribution is -2.26. The molecule has 0 saturated carbocycles. The smallest absolute Gasteiger partial charge is 0.234 e. The van der Waals surface area contributed by atoms with Crippen molar-refractivity contribution in [3.05, 3.63) is 180 Å². The lowest BCUT2D eigenvalue weighted by Gasteiger charge is -2.34. The first-order valence-corrected chi connectivity index (χ1v) is 18.9. The predicted molar refractivity (Wildman–Crippen MR) is 218 cm³/mol. The highest BCUT2D eigenvalue weighted by atomic mass is 32.1. The van der Waals surface area contributed by atoms with E-state index in [9.17, 15) is 0 Å². The number of hydrogen-bond acceptors (Lipinski definition) is 5. The summed E-state index contributed by atoms with van der Waals surface area (Å²) in [6.07, 6.45) is 0. The summed E-state index contributed by atoms with van der Waals surface area (Å²) in [6, 6.07) is 58.7. The quantitative estimate of drug-likeness (QED) is 0.184. The summed E-state index contributed by atoms with van der Waals surface area (Å²) >= 11 is 1.90. The van der Waals surface area contributed by atoms with Crippen LogP contribution in [0.3, 0.4) is 0 Å². The minimum absolute atomic E-state index is 0.0163. The van der Waals surface area contributed by atoms with E-state index in [1.807, 2.05) is 23.5 Å². The number of hydrogen-bond donors (Lipinski definition) is 0. The van der Waals surface area contributed by atoms with Gasteiger partial charge in [0.25, 0.3) is 0 Å². The van der Waals surface area contributed by atoms with Crippen LogP contribution in [0, 0.1) is 0 Å².